The molecular weight excluding hydrogens is 172 g/mol. The van der Waals surface area contributed by atoms with Crippen LogP contribution in [0.25, 0.3) is 0 Å². The summed E-state index contributed by atoms with van der Waals surface area (Å²) in [5.74, 6) is 0. The highest BCUT2D eigenvalue weighted by atomic mass is 17.0. The molecule has 0 heterocycles. The Hall–Kier alpha value is -1.60. The average Bonchev–Trinajstić information content (AvgIpc) is 1.84. The smallest absolute Gasteiger partial charge is 0.294 e. The molecule has 0 aliphatic rings. The Morgan fingerprint density at radius 1 is 1.33 bits per heavy atom. The van der Waals surface area contributed by atoms with Crippen molar-refractivity contribution in [3.63, 3.8) is 0 Å². The van der Waals surface area contributed by atoms with E-state index in [-0.39, 0.29) is 13.0 Å². The topological polar surface area (TPSA) is 105 Å². The van der Waals surface area contributed by atoms with Crippen LogP contribution in [0.4, 0.5) is 0 Å². The van der Waals surface area contributed by atoms with Gasteiger partial charge in [0.05, 0.1) is 6.61 Å². The van der Waals surface area contributed by atoms with Crippen LogP contribution in [0.1, 0.15) is 13.3 Å². The molecule has 0 bridgehead atoms. The molecule has 8 nitrogen and oxygen atoms in total. The molecule has 0 spiro atoms. The summed E-state index contributed by atoms with van der Waals surface area (Å²) < 4.78 is 0. The number of hydrogen-bond donors (Lipinski definition) is 0. The third-order valence-electron chi connectivity index (χ3n) is 0.987. The van der Waals surface area contributed by atoms with E-state index in [0.717, 1.165) is 0 Å². The Kier molecular flexibility index (Phi) is 4.42. The van der Waals surface area contributed by atoms with E-state index in [2.05, 4.69) is 9.68 Å². The van der Waals surface area contributed by atoms with Crippen LogP contribution in [0.15, 0.2) is 0 Å². The summed E-state index contributed by atoms with van der Waals surface area (Å²) in [5.41, 5.74) is 0. The van der Waals surface area contributed by atoms with E-state index in [1.807, 2.05) is 0 Å². The molecule has 0 fully saturated rings. The third kappa shape index (κ3) is 6.52. The van der Waals surface area contributed by atoms with E-state index in [4.69, 9.17) is 0 Å². The summed E-state index contributed by atoms with van der Waals surface area (Å²) in [6.07, 6.45) is -0.595. The van der Waals surface area contributed by atoms with Crippen molar-refractivity contribution >= 4 is 0 Å². The maximum atomic E-state index is 9.72. The van der Waals surface area contributed by atoms with Gasteiger partial charge in [0, 0.05) is 0 Å². The predicted octanol–water partition coefficient (Wildman–Crippen LogP) is 0.182. The minimum absolute atomic E-state index is 0.0992. The van der Waals surface area contributed by atoms with Gasteiger partial charge in [-0.1, -0.05) is 0 Å². The van der Waals surface area contributed by atoms with Crippen LogP contribution < -0.4 is 0 Å². The molecule has 0 N–H and O–H groups in total. The fraction of sp³-hybridized carbons (Fsp3) is 1.00. The first-order valence-electron chi connectivity index (χ1n) is 3.11. The molecule has 0 saturated carbocycles. The third-order valence-corrected chi connectivity index (χ3v) is 0.987. The monoisotopic (exact) mass is 180 g/mol. The van der Waals surface area contributed by atoms with Gasteiger partial charge in [0.1, 0.15) is 6.10 Å². The van der Waals surface area contributed by atoms with Crippen molar-refractivity contribution in [3.8, 4) is 0 Å². The average molecular weight is 180 g/mol. The standard InChI is InChI=1S/C4H8N2O6/c1-4(12-6(9)10)2-3-11-5(7)8/h4H,2-3H2,1H3. The van der Waals surface area contributed by atoms with Gasteiger partial charge < -0.3 is 9.68 Å². The van der Waals surface area contributed by atoms with Crippen LogP contribution in [0.5, 0.6) is 0 Å². The Labute approximate surface area is 67.3 Å². The van der Waals surface area contributed by atoms with Crippen molar-refractivity contribution < 1.29 is 19.8 Å². The van der Waals surface area contributed by atoms with E-state index in [0.29, 0.717) is 0 Å². The zero-order valence-corrected chi connectivity index (χ0v) is 6.34. The Balaban J connectivity index is 3.37. The lowest BCUT2D eigenvalue weighted by Gasteiger charge is -2.06. The second-order valence-corrected chi connectivity index (χ2v) is 1.99. The Bertz CT molecular complexity index is 171. The van der Waals surface area contributed by atoms with Crippen LogP contribution in [0, 0.1) is 20.2 Å². The van der Waals surface area contributed by atoms with Crippen LogP contribution >= 0.6 is 0 Å². The van der Waals surface area contributed by atoms with Crippen LogP contribution in [0.3, 0.4) is 0 Å². The first-order valence-corrected chi connectivity index (χ1v) is 3.11. The highest BCUT2D eigenvalue weighted by molar-refractivity contribution is 4.43. The zero-order valence-electron chi connectivity index (χ0n) is 6.34. The molecule has 1 atom stereocenters. The van der Waals surface area contributed by atoms with Gasteiger partial charge >= 0.3 is 0 Å². The molecule has 0 aromatic heterocycles. The summed E-state index contributed by atoms with van der Waals surface area (Å²) in [5, 5.41) is 17.4. The minimum atomic E-state index is -0.959. The second kappa shape index (κ2) is 5.10. The molecule has 0 aliphatic carbocycles. The molecule has 70 valence electrons. The van der Waals surface area contributed by atoms with Gasteiger partial charge in [0.15, 0.2) is 0 Å². The summed E-state index contributed by atoms with van der Waals surface area (Å²) in [4.78, 5) is 27.3. The van der Waals surface area contributed by atoms with E-state index in [1.165, 1.54) is 6.92 Å². The van der Waals surface area contributed by atoms with Gasteiger partial charge in [-0.15, -0.1) is 20.2 Å². The molecule has 0 saturated heterocycles. The highest BCUT2D eigenvalue weighted by Gasteiger charge is 2.07. The Morgan fingerprint density at radius 3 is 2.33 bits per heavy atom. The quantitative estimate of drug-likeness (QED) is 0.426. The minimum Gasteiger partial charge on any atom is -0.314 e. The molecule has 8 heteroatoms. The van der Waals surface area contributed by atoms with E-state index in [9.17, 15) is 20.2 Å². The molecule has 0 aliphatic heterocycles. The van der Waals surface area contributed by atoms with Crippen molar-refractivity contribution in [2.24, 2.45) is 0 Å². The summed E-state index contributed by atoms with van der Waals surface area (Å²) in [6, 6.07) is 0. The van der Waals surface area contributed by atoms with Gasteiger partial charge in [0.25, 0.3) is 10.2 Å². The van der Waals surface area contributed by atoms with Gasteiger partial charge in [-0.05, 0) is 13.3 Å². The van der Waals surface area contributed by atoms with E-state index >= 15 is 0 Å². The largest absolute Gasteiger partial charge is 0.314 e. The first-order chi connectivity index (χ1) is 5.52. The second-order valence-electron chi connectivity index (χ2n) is 1.99. The number of hydrogen-bond acceptors (Lipinski definition) is 6. The lowest BCUT2D eigenvalue weighted by Crippen LogP contribution is -2.16. The van der Waals surface area contributed by atoms with Crippen molar-refractivity contribution in [1.82, 2.24) is 0 Å². The first kappa shape index (κ1) is 10.4. The van der Waals surface area contributed by atoms with Crippen molar-refractivity contribution in [1.29, 1.82) is 0 Å². The van der Waals surface area contributed by atoms with Crippen LogP contribution in [-0.2, 0) is 9.68 Å². The van der Waals surface area contributed by atoms with Crippen LogP contribution in [-0.4, -0.2) is 22.9 Å². The van der Waals surface area contributed by atoms with Gasteiger partial charge in [-0.3, -0.25) is 0 Å². The normalized spacial score (nSPS) is 11.8. The predicted molar refractivity (Wildman–Crippen MR) is 35.1 cm³/mol. The van der Waals surface area contributed by atoms with Crippen molar-refractivity contribution in [2.75, 3.05) is 6.61 Å². The van der Waals surface area contributed by atoms with Gasteiger partial charge in [-0.2, -0.15) is 0 Å². The van der Waals surface area contributed by atoms with E-state index < -0.39 is 16.3 Å². The summed E-state index contributed by atoms with van der Waals surface area (Å²) >= 11 is 0. The summed E-state index contributed by atoms with van der Waals surface area (Å²) in [7, 11) is 0. The fourth-order valence-corrected chi connectivity index (χ4v) is 0.493. The molecular formula is C4H8N2O6. The van der Waals surface area contributed by atoms with Crippen molar-refractivity contribution in [3.05, 3.63) is 20.2 Å². The van der Waals surface area contributed by atoms with E-state index in [1.54, 1.807) is 0 Å². The zero-order chi connectivity index (χ0) is 9.56. The fourth-order valence-electron chi connectivity index (χ4n) is 0.493. The maximum Gasteiger partial charge on any atom is 0.294 e. The maximum absolute atomic E-state index is 9.72. The molecule has 0 aromatic rings. The lowest BCUT2D eigenvalue weighted by atomic mass is 10.3. The molecule has 0 rings (SSSR count). The SMILES string of the molecule is CC(CCO[N+](=O)[O-])O[N+](=O)[O-]. The lowest BCUT2D eigenvalue weighted by molar-refractivity contribution is -0.773. The molecule has 0 amide bonds. The molecule has 0 radical (unpaired) electrons. The number of rotatable bonds is 6. The van der Waals surface area contributed by atoms with Crippen molar-refractivity contribution in [2.45, 2.75) is 19.4 Å². The Morgan fingerprint density at radius 2 is 1.92 bits per heavy atom. The van der Waals surface area contributed by atoms with Gasteiger partial charge in [0.2, 0.25) is 0 Å². The highest BCUT2D eigenvalue weighted by Crippen LogP contribution is 1.97. The summed E-state index contributed by atoms with van der Waals surface area (Å²) in [6.45, 7) is 1.22. The molecule has 0 aromatic carbocycles. The molecule has 1 unspecified atom stereocenters. The molecule has 12 heavy (non-hydrogen) atoms. The van der Waals surface area contributed by atoms with Crippen LogP contribution in [0.2, 0.25) is 0 Å². The van der Waals surface area contributed by atoms with Gasteiger partial charge in [-0.25, -0.2) is 0 Å². The number of nitrogens with zero attached hydrogens (tertiary/aromatic N) is 2.